The average molecular weight is 438 g/mol. The van der Waals surface area contributed by atoms with Gasteiger partial charge in [-0.25, -0.2) is 4.98 Å². The SMILES string of the molecule is COc1ccc(CCC2(Cn3ccnc3)OCC(COc3c(C)cc(N)cc3C)O2)cc1. The molecule has 0 spiro atoms. The maximum absolute atomic E-state index is 6.47. The predicted octanol–water partition coefficient (Wildman–Crippen LogP) is 3.91. The van der Waals surface area contributed by atoms with Crippen LogP contribution in [0.15, 0.2) is 55.1 Å². The molecule has 1 aromatic heterocycles. The average Bonchev–Trinajstić information content (AvgIpc) is 3.42. The van der Waals surface area contributed by atoms with Crippen LogP contribution in [0.25, 0.3) is 0 Å². The van der Waals surface area contributed by atoms with Crippen molar-refractivity contribution >= 4 is 5.69 Å². The molecule has 2 aromatic carbocycles. The molecule has 1 aliphatic heterocycles. The van der Waals surface area contributed by atoms with Crippen LogP contribution in [0, 0.1) is 13.8 Å². The quantitative estimate of drug-likeness (QED) is 0.511. The highest BCUT2D eigenvalue weighted by Gasteiger charge is 2.42. The summed E-state index contributed by atoms with van der Waals surface area (Å²) in [5, 5.41) is 0. The lowest BCUT2D eigenvalue weighted by Gasteiger charge is -2.29. The number of anilines is 1. The van der Waals surface area contributed by atoms with E-state index in [1.807, 2.05) is 48.9 Å². The second kappa shape index (κ2) is 9.63. The zero-order valence-electron chi connectivity index (χ0n) is 18.9. The molecule has 7 nitrogen and oxygen atoms in total. The first kappa shape index (κ1) is 22.2. The van der Waals surface area contributed by atoms with Gasteiger partial charge >= 0.3 is 0 Å². The lowest BCUT2D eigenvalue weighted by molar-refractivity contribution is -0.184. The van der Waals surface area contributed by atoms with Crippen molar-refractivity contribution in [3.05, 3.63) is 71.8 Å². The monoisotopic (exact) mass is 437 g/mol. The highest BCUT2D eigenvalue weighted by atomic mass is 16.8. The molecule has 3 aromatic rings. The first-order valence-electron chi connectivity index (χ1n) is 10.9. The Morgan fingerprint density at radius 3 is 2.59 bits per heavy atom. The van der Waals surface area contributed by atoms with Gasteiger partial charge in [0.05, 0.1) is 26.6 Å². The van der Waals surface area contributed by atoms with Crippen LogP contribution in [-0.4, -0.2) is 41.8 Å². The molecule has 1 aliphatic rings. The predicted molar refractivity (Wildman–Crippen MR) is 123 cm³/mol. The maximum atomic E-state index is 6.47. The molecular formula is C25H31N3O4. The number of hydrogen-bond donors (Lipinski definition) is 1. The third-order valence-corrected chi connectivity index (χ3v) is 5.75. The third-order valence-electron chi connectivity index (χ3n) is 5.75. The van der Waals surface area contributed by atoms with Crippen molar-refractivity contribution in [1.82, 2.24) is 9.55 Å². The van der Waals surface area contributed by atoms with Crippen molar-refractivity contribution in [3.8, 4) is 11.5 Å². The van der Waals surface area contributed by atoms with Crippen LogP contribution in [0.4, 0.5) is 5.69 Å². The Kier molecular flexibility index (Phi) is 6.67. The molecule has 2 heterocycles. The number of aryl methyl sites for hydroxylation is 3. The van der Waals surface area contributed by atoms with Crippen LogP contribution in [0.2, 0.25) is 0 Å². The number of benzene rings is 2. The van der Waals surface area contributed by atoms with E-state index in [0.29, 0.717) is 26.2 Å². The first-order valence-corrected chi connectivity index (χ1v) is 10.9. The number of nitrogens with two attached hydrogens (primary N) is 1. The molecule has 1 saturated heterocycles. The van der Waals surface area contributed by atoms with Crippen LogP contribution < -0.4 is 15.2 Å². The summed E-state index contributed by atoms with van der Waals surface area (Å²) in [6.45, 7) is 5.47. The van der Waals surface area contributed by atoms with E-state index in [9.17, 15) is 0 Å². The largest absolute Gasteiger partial charge is 0.497 e. The minimum atomic E-state index is -0.736. The van der Waals surface area contributed by atoms with E-state index in [2.05, 4.69) is 17.1 Å². The number of nitrogen functional groups attached to an aromatic ring is 1. The van der Waals surface area contributed by atoms with E-state index >= 15 is 0 Å². The third kappa shape index (κ3) is 5.23. The van der Waals surface area contributed by atoms with E-state index in [4.69, 9.17) is 24.7 Å². The Bertz CT molecular complexity index is 997. The Morgan fingerprint density at radius 2 is 1.94 bits per heavy atom. The number of aromatic nitrogens is 2. The standard InChI is InChI=1S/C25H31N3O4/c1-18-12-21(26)13-19(2)24(18)30-14-23-15-31-25(32-23,16-28-11-10-27-17-28)9-8-20-4-6-22(29-3)7-5-20/h4-7,10-13,17,23H,8-9,14-16,26H2,1-3H3. The topological polar surface area (TPSA) is 80.8 Å². The molecule has 0 radical (unpaired) electrons. The zero-order valence-corrected chi connectivity index (χ0v) is 18.9. The van der Waals surface area contributed by atoms with Gasteiger partial charge in [0.25, 0.3) is 0 Å². The molecule has 32 heavy (non-hydrogen) atoms. The number of nitrogens with zero attached hydrogens (tertiary/aromatic N) is 2. The van der Waals surface area contributed by atoms with Gasteiger partial charge in [-0.2, -0.15) is 0 Å². The van der Waals surface area contributed by atoms with Gasteiger partial charge in [-0.1, -0.05) is 12.1 Å². The van der Waals surface area contributed by atoms with Crippen molar-refractivity contribution in [2.24, 2.45) is 0 Å². The lowest BCUT2D eigenvalue weighted by Crippen LogP contribution is -2.37. The summed E-state index contributed by atoms with van der Waals surface area (Å²) in [5.74, 6) is 0.966. The summed E-state index contributed by atoms with van der Waals surface area (Å²) in [5.41, 5.74) is 9.91. The Morgan fingerprint density at radius 1 is 1.19 bits per heavy atom. The minimum absolute atomic E-state index is 0.161. The van der Waals surface area contributed by atoms with Gasteiger partial charge in [-0.3, -0.25) is 0 Å². The second-order valence-corrected chi connectivity index (χ2v) is 8.34. The molecule has 2 N–H and O–H groups in total. The van der Waals surface area contributed by atoms with Gasteiger partial charge in [0.15, 0.2) is 5.79 Å². The summed E-state index contributed by atoms with van der Waals surface area (Å²) < 4.78 is 26.1. The van der Waals surface area contributed by atoms with Crippen molar-refractivity contribution < 1.29 is 18.9 Å². The molecular weight excluding hydrogens is 406 g/mol. The van der Waals surface area contributed by atoms with Crippen LogP contribution in [0.1, 0.15) is 23.1 Å². The van der Waals surface area contributed by atoms with Crippen molar-refractivity contribution in [2.75, 3.05) is 26.1 Å². The molecule has 0 aliphatic carbocycles. The van der Waals surface area contributed by atoms with Crippen LogP contribution >= 0.6 is 0 Å². The summed E-state index contributed by atoms with van der Waals surface area (Å²) in [6, 6.07) is 11.9. The number of methoxy groups -OCH3 is 1. The fourth-order valence-electron chi connectivity index (χ4n) is 4.16. The molecule has 4 rings (SSSR count). The van der Waals surface area contributed by atoms with Gasteiger partial charge < -0.3 is 29.2 Å². The summed E-state index contributed by atoms with van der Waals surface area (Å²) >= 11 is 0. The van der Waals surface area contributed by atoms with Gasteiger partial charge in [0, 0.05) is 24.5 Å². The van der Waals surface area contributed by atoms with Crippen LogP contribution in [-0.2, 0) is 22.4 Å². The van der Waals surface area contributed by atoms with Crippen LogP contribution in [0.3, 0.4) is 0 Å². The second-order valence-electron chi connectivity index (χ2n) is 8.34. The Balaban J connectivity index is 1.43. The lowest BCUT2D eigenvalue weighted by atomic mass is 10.0. The molecule has 7 heteroatoms. The fourth-order valence-corrected chi connectivity index (χ4v) is 4.16. The molecule has 0 saturated carbocycles. The number of ether oxygens (including phenoxy) is 4. The highest BCUT2D eigenvalue weighted by molar-refractivity contribution is 5.52. The summed E-state index contributed by atoms with van der Waals surface area (Å²) in [4.78, 5) is 4.16. The van der Waals surface area contributed by atoms with E-state index in [-0.39, 0.29) is 6.10 Å². The molecule has 0 amide bonds. The zero-order chi connectivity index (χ0) is 22.6. The van der Waals surface area contributed by atoms with Crippen molar-refractivity contribution in [3.63, 3.8) is 0 Å². The Hall–Kier alpha value is -3.03. The van der Waals surface area contributed by atoms with Gasteiger partial charge in [0.2, 0.25) is 0 Å². The number of rotatable bonds is 9. The first-order chi connectivity index (χ1) is 15.5. The van der Waals surface area contributed by atoms with Gasteiger partial charge in [0.1, 0.15) is 24.2 Å². The van der Waals surface area contributed by atoms with Crippen molar-refractivity contribution in [2.45, 2.75) is 45.1 Å². The number of imidazole rings is 1. The van der Waals surface area contributed by atoms with E-state index in [1.165, 1.54) is 5.56 Å². The summed E-state index contributed by atoms with van der Waals surface area (Å²) in [6.07, 6.45) is 6.85. The summed E-state index contributed by atoms with van der Waals surface area (Å²) in [7, 11) is 1.67. The smallest absolute Gasteiger partial charge is 0.187 e. The maximum Gasteiger partial charge on any atom is 0.187 e. The number of hydrogen-bond acceptors (Lipinski definition) is 6. The molecule has 0 bridgehead atoms. The Labute approximate surface area is 189 Å². The van der Waals surface area contributed by atoms with Crippen LogP contribution in [0.5, 0.6) is 11.5 Å². The molecule has 2 atom stereocenters. The molecule has 170 valence electrons. The normalized spacial score (nSPS) is 20.4. The molecule has 2 unspecified atom stereocenters. The van der Waals surface area contributed by atoms with E-state index < -0.39 is 5.79 Å². The van der Waals surface area contributed by atoms with Crippen molar-refractivity contribution in [1.29, 1.82) is 0 Å². The highest BCUT2D eigenvalue weighted by Crippen LogP contribution is 2.32. The van der Waals surface area contributed by atoms with E-state index in [1.54, 1.807) is 19.6 Å². The van der Waals surface area contributed by atoms with Gasteiger partial charge in [-0.05, 0) is 61.2 Å². The molecule has 1 fully saturated rings. The minimum Gasteiger partial charge on any atom is -0.497 e. The van der Waals surface area contributed by atoms with E-state index in [0.717, 1.165) is 34.7 Å². The van der Waals surface area contributed by atoms with Gasteiger partial charge in [-0.15, -0.1) is 0 Å². The fraction of sp³-hybridized carbons (Fsp3) is 0.400.